The number of amides is 1. The molecule has 0 spiro atoms. The normalized spacial score (nSPS) is 21.5. The summed E-state index contributed by atoms with van der Waals surface area (Å²) < 4.78 is 1.65. The van der Waals surface area contributed by atoms with E-state index in [1.54, 1.807) is 16.8 Å². The second kappa shape index (κ2) is 6.76. The number of carbonyl (C=O) groups is 1. The van der Waals surface area contributed by atoms with Crippen LogP contribution in [-0.2, 0) is 4.79 Å². The first-order valence-electron chi connectivity index (χ1n) is 8.29. The Morgan fingerprint density at radius 1 is 1.15 bits per heavy atom. The highest BCUT2D eigenvalue weighted by molar-refractivity contribution is 6.30. The van der Waals surface area contributed by atoms with Crippen LogP contribution in [0.5, 0.6) is 0 Å². The predicted molar refractivity (Wildman–Crippen MR) is 99.1 cm³/mol. The Bertz CT molecular complexity index is 911. The Morgan fingerprint density at radius 3 is 2.62 bits per heavy atom. The molecule has 2 aromatic carbocycles. The van der Waals surface area contributed by atoms with Gasteiger partial charge in [-0.1, -0.05) is 47.0 Å². The highest BCUT2D eigenvalue weighted by Gasteiger charge is 2.41. The number of fused-ring (bicyclic) bond motifs is 1. The second-order valence-electron chi connectivity index (χ2n) is 6.26. The molecule has 0 fully saturated rings. The van der Waals surface area contributed by atoms with Crippen molar-refractivity contribution in [3.05, 3.63) is 65.2 Å². The summed E-state index contributed by atoms with van der Waals surface area (Å²) >= 11 is 6.03. The number of rotatable bonds is 3. The first kappa shape index (κ1) is 16.5. The van der Waals surface area contributed by atoms with Crippen LogP contribution in [0, 0.1) is 5.92 Å². The molecule has 0 saturated carbocycles. The molecular weight excluding hydrogens is 352 g/mol. The molecule has 1 aliphatic rings. The minimum atomic E-state index is -0.410. The van der Waals surface area contributed by atoms with Crippen LogP contribution in [0.1, 0.15) is 18.5 Å². The zero-order valence-corrected chi connectivity index (χ0v) is 14.8. The average molecular weight is 369 g/mol. The summed E-state index contributed by atoms with van der Waals surface area (Å²) in [7, 11) is 0. The molecule has 132 valence electrons. The Kier molecular flexibility index (Phi) is 4.30. The Morgan fingerprint density at radius 2 is 1.88 bits per heavy atom. The third-order valence-corrected chi connectivity index (χ3v) is 4.80. The van der Waals surface area contributed by atoms with Gasteiger partial charge >= 0.3 is 0 Å². The number of hydrogen-bond donors (Lipinski definition) is 2. The molecule has 3 aromatic rings. The zero-order valence-electron chi connectivity index (χ0n) is 14.0. The molecule has 2 N–H and O–H groups in total. The summed E-state index contributed by atoms with van der Waals surface area (Å²) in [5.41, 5.74) is 1.67. The summed E-state index contributed by atoms with van der Waals surface area (Å²) in [5, 5.41) is 18.7. The highest BCUT2D eigenvalue weighted by Crippen LogP contribution is 2.36. The number of nitrogens with zero attached hydrogens (tertiary/aromatic N) is 4. The Labute approximate surface area is 155 Å². The summed E-state index contributed by atoms with van der Waals surface area (Å²) in [6.07, 6.45) is 0. The molecule has 0 bridgehead atoms. The SMILES string of the molecule is CC1Nc2nnnn2C(c2ccc(Cl)cc2)C1C(=O)Nc1ccccc1. The van der Waals surface area contributed by atoms with Crippen LogP contribution in [0.15, 0.2) is 54.6 Å². The number of hydrogen-bond acceptors (Lipinski definition) is 5. The van der Waals surface area contributed by atoms with Gasteiger partial charge in [0.2, 0.25) is 11.9 Å². The molecule has 1 aliphatic heterocycles. The van der Waals surface area contributed by atoms with Crippen LogP contribution >= 0.6 is 11.6 Å². The molecule has 0 aliphatic carbocycles. The lowest BCUT2D eigenvalue weighted by molar-refractivity contribution is -0.121. The molecule has 4 rings (SSSR count). The van der Waals surface area contributed by atoms with Gasteiger partial charge in [-0.3, -0.25) is 4.79 Å². The molecule has 0 saturated heterocycles. The van der Waals surface area contributed by atoms with Crippen molar-refractivity contribution in [2.24, 2.45) is 5.92 Å². The number of halogens is 1. The average Bonchev–Trinajstić information content (AvgIpc) is 3.10. The van der Waals surface area contributed by atoms with Crippen molar-refractivity contribution in [3.63, 3.8) is 0 Å². The van der Waals surface area contributed by atoms with E-state index in [-0.39, 0.29) is 18.0 Å². The van der Waals surface area contributed by atoms with Gasteiger partial charge in [0.15, 0.2) is 0 Å². The highest BCUT2D eigenvalue weighted by atomic mass is 35.5. The number of carbonyl (C=O) groups excluding carboxylic acids is 1. The van der Waals surface area contributed by atoms with E-state index >= 15 is 0 Å². The van der Waals surface area contributed by atoms with E-state index in [4.69, 9.17) is 11.6 Å². The van der Waals surface area contributed by atoms with Crippen LogP contribution in [0.3, 0.4) is 0 Å². The van der Waals surface area contributed by atoms with Crippen LogP contribution in [0.2, 0.25) is 5.02 Å². The van der Waals surface area contributed by atoms with Gasteiger partial charge in [0.1, 0.15) is 0 Å². The smallest absolute Gasteiger partial charge is 0.243 e. The summed E-state index contributed by atoms with van der Waals surface area (Å²) in [4.78, 5) is 13.1. The van der Waals surface area contributed by atoms with Crippen molar-refractivity contribution < 1.29 is 4.79 Å². The third-order valence-electron chi connectivity index (χ3n) is 4.55. The maximum Gasteiger partial charge on any atom is 0.243 e. The van der Waals surface area contributed by atoms with E-state index in [2.05, 4.69) is 26.2 Å². The summed E-state index contributed by atoms with van der Waals surface area (Å²) in [5.74, 6) is 0.0332. The lowest BCUT2D eigenvalue weighted by Gasteiger charge is -2.36. The molecule has 1 aromatic heterocycles. The van der Waals surface area contributed by atoms with Crippen molar-refractivity contribution in [2.75, 3.05) is 10.6 Å². The third kappa shape index (κ3) is 3.01. The van der Waals surface area contributed by atoms with Gasteiger partial charge < -0.3 is 10.6 Å². The number of benzene rings is 2. The quantitative estimate of drug-likeness (QED) is 0.742. The Balaban J connectivity index is 1.73. The first-order valence-corrected chi connectivity index (χ1v) is 8.67. The van der Waals surface area contributed by atoms with E-state index in [9.17, 15) is 4.79 Å². The number of anilines is 2. The molecule has 2 heterocycles. The maximum absolute atomic E-state index is 13.1. The number of nitrogens with one attached hydrogen (secondary N) is 2. The van der Waals surface area contributed by atoms with Crippen LogP contribution < -0.4 is 10.6 Å². The Hall–Kier alpha value is -2.93. The number of para-hydroxylation sites is 1. The van der Waals surface area contributed by atoms with E-state index < -0.39 is 5.92 Å². The van der Waals surface area contributed by atoms with E-state index in [1.165, 1.54) is 0 Å². The second-order valence-corrected chi connectivity index (χ2v) is 6.69. The molecule has 26 heavy (non-hydrogen) atoms. The number of aromatic nitrogens is 4. The largest absolute Gasteiger partial charge is 0.350 e. The van der Waals surface area contributed by atoms with E-state index in [0.29, 0.717) is 11.0 Å². The van der Waals surface area contributed by atoms with Gasteiger partial charge in [0, 0.05) is 16.8 Å². The molecular formula is C18H17ClN6O. The fraction of sp³-hybridized carbons (Fsp3) is 0.222. The van der Waals surface area contributed by atoms with Gasteiger partial charge in [-0.05, 0) is 47.2 Å². The van der Waals surface area contributed by atoms with Gasteiger partial charge in [0.25, 0.3) is 0 Å². The topological polar surface area (TPSA) is 84.7 Å². The predicted octanol–water partition coefficient (Wildman–Crippen LogP) is 2.98. The fourth-order valence-corrected chi connectivity index (χ4v) is 3.45. The van der Waals surface area contributed by atoms with Crippen molar-refractivity contribution in [1.29, 1.82) is 0 Å². The summed E-state index contributed by atoms with van der Waals surface area (Å²) in [6, 6.07) is 16.3. The zero-order chi connectivity index (χ0) is 18.1. The molecule has 7 nitrogen and oxygen atoms in total. The number of tetrazole rings is 1. The van der Waals surface area contributed by atoms with Crippen LogP contribution in [0.25, 0.3) is 0 Å². The van der Waals surface area contributed by atoms with Gasteiger partial charge in [-0.2, -0.15) is 0 Å². The monoisotopic (exact) mass is 368 g/mol. The lowest BCUT2D eigenvalue weighted by atomic mass is 9.85. The summed E-state index contributed by atoms with van der Waals surface area (Å²) in [6.45, 7) is 1.95. The molecule has 0 radical (unpaired) electrons. The van der Waals surface area contributed by atoms with Crippen molar-refractivity contribution in [1.82, 2.24) is 20.2 Å². The maximum atomic E-state index is 13.1. The lowest BCUT2D eigenvalue weighted by Crippen LogP contribution is -2.46. The first-order chi connectivity index (χ1) is 12.6. The molecule has 8 heteroatoms. The van der Waals surface area contributed by atoms with Crippen molar-refractivity contribution in [3.8, 4) is 0 Å². The molecule has 3 unspecified atom stereocenters. The van der Waals surface area contributed by atoms with Crippen LogP contribution in [-0.4, -0.2) is 32.2 Å². The van der Waals surface area contributed by atoms with Crippen LogP contribution in [0.4, 0.5) is 11.6 Å². The minimum absolute atomic E-state index is 0.0997. The van der Waals surface area contributed by atoms with Gasteiger partial charge in [0.05, 0.1) is 12.0 Å². The van der Waals surface area contributed by atoms with E-state index in [0.717, 1.165) is 11.3 Å². The fourth-order valence-electron chi connectivity index (χ4n) is 3.32. The van der Waals surface area contributed by atoms with Gasteiger partial charge in [-0.25, -0.2) is 4.68 Å². The minimum Gasteiger partial charge on any atom is -0.350 e. The van der Waals surface area contributed by atoms with Gasteiger partial charge in [-0.15, -0.1) is 0 Å². The van der Waals surface area contributed by atoms with Crippen molar-refractivity contribution >= 4 is 29.1 Å². The molecule has 1 amide bonds. The molecule has 3 atom stereocenters. The van der Waals surface area contributed by atoms with E-state index in [1.807, 2.05) is 49.4 Å². The van der Waals surface area contributed by atoms with Crippen molar-refractivity contribution in [2.45, 2.75) is 19.0 Å². The standard InChI is InChI=1S/C18H17ClN6O/c1-11-15(17(26)21-14-5-3-2-4-6-14)16(12-7-9-13(19)10-8-12)25-18(20-11)22-23-24-25/h2-11,15-16H,1H3,(H,21,26)(H,20,22,24).